The summed E-state index contributed by atoms with van der Waals surface area (Å²) in [7, 11) is 0. The van der Waals surface area contributed by atoms with Crippen LogP contribution in [0.1, 0.15) is 18.5 Å². The van der Waals surface area contributed by atoms with Crippen molar-refractivity contribution < 1.29 is 9.72 Å². The highest BCUT2D eigenvalue weighted by molar-refractivity contribution is 6.33. The zero-order chi connectivity index (χ0) is 24.5. The van der Waals surface area contributed by atoms with Gasteiger partial charge in [0, 0.05) is 29.6 Å². The topological polar surface area (TPSA) is 128 Å². The molecule has 1 aliphatic rings. The number of allylic oxidation sites excluding steroid dienone is 1. The van der Waals surface area contributed by atoms with Crippen LogP contribution in [-0.2, 0) is 4.79 Å². The average molecular weight is 488 g/mol. The average Bonchev–Trinajstić information content (AvgIpc) is 3.27. The molecule has 0 saturated carbocycles. The summed E-state index contributed by atoms with van der Waals surface area (Å²) in [6.07, 6.45) is 1.58. The smallest absolute Gasteiger partial charge is 0.269 e. The number of rotatable bonds is 5. The summed E-state index contributed by atoms with van der Waals surface area (Å²) in [5.41, 5.74) is 2.13. The van der Waals surface area contributed by atoms with Crippen LogP contribution in [0.3, 0.4) is 0 Å². The van der Waals surface area contributed by atoms with Gasteiger partial charge in [-0.15, -0.1) is 5.10 Å². The summed E-state index contributed by atoms with van der Waals surface area (Å²) in [6, 6.07) is 17.7. The molecule has 174 valence electrons. The van der Waals surface area contributed by atoms with E-state index in [1.807, 2.05) is 12.1 Å². The summed E-state index contributed by atoms with van der Waals surface area (Å²) in [6.45, 7) is 1.76. The highest BCUT2D eigenvalue weighted by Crippen LogP contribution is 2.38. The van der Waals surface area contributed by atoms with Crippen LogP contribution in [0, 0.1) is 10.1 Å². The van der Waals surface area contributed by atoms with Crippen molar-refractivity contribution in [1.82, 2.24) is 19.7 Å². The van der Waals surface area contributed by atoms with Gasteiger partial charge in [-0.2, -0.15) is 4.98 Å². The number of aromatic nitrogens is 4. The van der Waals surface area contributed by atoms with E-state index in [0.717, 1.165) is 0 Å². The molecule has 0 aliphatic carbocycles. The van der Waals surface area contributed by atoms with Crippen LogP contribution in [0.2, 0.25) is 5.02 Å². The highest BCUT2D eigenvalue weighted by atomic mass is 35.5. The number of nitro benzene ring substituents is 1. The SMILES string of the molecule is CC1=C(C(=O)Nc2ccccn2)C(c2ccc([N+](=O)[O-])cc2)n2nc(-c3ccccc3Cl)nc2N1. The molecule has 5 rings (SSSR count). The molecule has 0 fully saturated rings. The third-order valence-corrected chi connectivity index (χ3v) is 5.87. The van der Waals surface area contributed by atoms with Crippen LogP contribution in [0.4, 0.5) is 17.5 Å². The maximum Gasteiger partial charge on any atom is 0.269 e. The van der Waals surface area contributed by atoms with Crippen molar-refractivity contribution in [3.05, 3.63) is 105 Å². The van der Waals surface area contributed by atoms with Crippen LogP contribution in [0.5, 0.6) is 0 Å². The number of carbonyl (C=O) groups is 1. The first-order chi connectivity index (χ1) is 16.9. The molecule has 0 saturated heterocycles. The van der Waals surface area contributed by atoms with E-state index >= 15 is 0 Å². The Morgan fingerprint density at radius 1 is 1.11 bits per heavy atom. The number of halogens is 1. The molecule has 1 aliphatic heterocycles. The number of non-ortho nitro benzene ring substituents is 1. The molecule has 10 nitrogen and oxygen atoms in total. The van der Waals surface area contributed by atoms with E-state index in [9.17, 15) is 14.9 Å². The summed E-state index contributed by atoms with van der Waals surface area (Å²) >= 11 is 6.37. The van der Waals surface area contributed by atoms with Gasteiger partial charge in [0.2, 0.25) is 5.95 Å². The zero-order valence-electron chi connectivity index (χ0n) is 18.3. The second kappa shape index (κ2) is 8.99. The molecule has 4 aromatic rings. The zero-order valence-corrected chi connectivity index (χ0v) is 19.1. The van der Waals surface area contributed by atoms with Crippen molar-refractivity contribution in [2.75, 3.05) is 10.6 Å². The van der Waals surface area contributed by atoms with Gasteiger partial charge in [0.15, 0.2) is 5.82 Å². The van der Waals surface area contributed by atoms with Gasteiger partial charge in [-0.05, 0) is 48.9 Å². The van der Waals surface area contributed by atoms with Crippen LogP contribution < -0.4 is 10.6 Å². The van der Waals surface area contributed by atoms with Crippen molar-refractivity contribution in [2.24, 2.45) is 0 Å². The Bertz CT molecular complexity index is 1470. The number of benzene rings is 2. The molecule has 0 radical (unpaired) electrons. The molecule has 3 heterocycles. The van der Waals surface area contributed by atoms with Gasteiger partial charge in [-0.1, -0.05) is 29.8 Å². The van der Waals surface area contributed by atoms with Gasteiger partial charge >= 0.3 is 0 Å². The lowest BCUT2D eigenvalue weighted by Crippen LogP contribution is -2.31. The Morgan fingerprint density at radius 2 is 1.86 bits per heavy atom. The molecule has 2 aromatic heterocycles. The van der Waals surface area contributed by atoms with Gasteiger partial charge in [0.1, 0.15) is 11.9 Å². The Labute approximate surface area is 204 Å². The van der Waals surface area contributed by atoms with E-state index in [0.29, 0.717) is 45.0 Å². The number of carbonyl (C=O) groups excluding carboxylic acids is 1. The van der Waals surface area contributed by atoms with E-state index in [1.54, 1.807) is 60.3 Å². The Balaban J connectivity index is 1.62. The Kier molecular flexibility index (Phi) is 5.71. The monoisotopic (exact) mass is 487 g/mol. The fourth-order valence-electron chi connectivity index (χ4n) is 3.91. The number of hydrogen-bond acceptors (Lipinski definition) is 7. The Morgan fingerprint density at radius 3 is 2.54 bits per heavy atom. The minimum Gasteiger partial charge on any atom is -0.328 e. The number of hydrogen-bond donors (Lipinski definition) is 2. The number of amides is 1. The maximum absolute atomic E-state index is 13.4. The number of nitro groups is 1. The molecule has 2 aromatic carbocycles. The van der Waals surface area contributed by atoms with Crippen LogP contribution >= 0.6 is 11.6 Å². The summed E-state index contributed by atoms with van der Waals surface area (Å²) in [4.78, 5) is 32.9. The summed E-state index contributed by atoms with van der Waals surface area (Å²) < 4.78 is 1.58. The molecule has 35 heavy (non-hydrogen) atoms. The fourth-order valence-corrected chi connectivity index (χ4v) is 4.13. The normalized spacial score (nSPS) is 14.7. The van der Waals surface area contributed by atoms with E-state index in [-0.39, 0.29) is 5.69 Å². The largest absolute Gasteiger partial charge is 0.328 e. The lowest BCUT2D eigenvalue weighted by Gasteiger charge is -2.28. The minimum absolute atomic E-state index is 0.0570. The van der Waals surface area contributed by atoms with Gasteiger partial charge in [-0.3, -0.25) is 14.9 Å². The van der Waals surface area contributed by atoms with E-state index < -0.39 is 16.9 Å². The fraction of sp³-hybridized carbons (Fsp3) is 0.0833. The summed E-state index contributed by atoms with van der Waals surface area (Å²) in [5.74, 6) is 0.790. The van der Waals surface area contributed by atoms with Crippen LogP contribution in [-0.4, -0.2) is 30.6 Å². The minimum atomic E-state index is -0.709. The van der Waals surface area contributed by atoms with Crippen molar-refractivity contribution >= 4 is 35.0 Å². The lowest BCUT2D eigenvalue weighted by molar-refractivity contribution is -0.384. The molecular weight excluding hydrogens is 470 g/mol. The first kappa shape index (κ1) is 22.2. The molecular formula is C24H18ClN7O3. The van der Waals surface area contributed by atoms with Gasteiger partial charge < -0.3 is 10.6 Å². The standard InChI is InChI=1S/C24H18ClN7O3/c1-14-20(23(33)28-19-8-4-5-13-26-19)21(15-9-11-16(12-10-15)32(34)35)31-24(27-14)29-22(30-31)17-6-2-3-7-18(17)25/h2-13,21H,1H3,(H,26,28,33)(H,27,29,30). The predicted octanol–water partition coefficient (Wildman–Crippen LogP) is 4.83. The van der Waals surface area contributed by atoms with E-state index in [2.05, 4.69) is 25.7 Å². The number of pyridine rings is 1. The molecule has 11 heteroatoms. The first-order valence-electron chi connectivity index (χ1n) is 10.6. The van der Waals surface area contributed by atoms with Crippen molar-refractivity contribution in [3.8, 4) is 11.4 Å². The van der Waals surface area contributed by atoms with Gasteiger partial charge in [-0.25, -0.2) is 9.67 Å². The highest BCUT2D eigenvalue weighted by Gasteiger charge is 2.35. The van der Waals surface area contributed by atoms with Crippen LogP contribution in [0.15, 0.2) is 84.2 Å². The number of anilines is 2. The number of nitrogens with zero attached hydrogens (tertiary/aromatic N) is 5. The molecule has 0 bridgehead atoms. The second-order valence-electron chi connectivity index (χ2n) is 7.77. The van der Waals surface area contributed by atoms with E-state index in [1.165, 1.54) is 12.1 Å². The maximum atomic E-state index is 13.4. The number of fused-ring (bicyclic) bond motifs is 1. The molecule has 1 amide bonds. The van der Waals surface area contributed by atoms with Crippen molar-refractivity contribution in [2.45, 2.75) is 13.0 Å². The van der Waals surface area contributed by atoms with Crippen LogP contribution in [0.25, 0.3) is 11.4 Å². The predicted molar refractivity (Wildman–Crippen MR) is 131 cm³/mol. The molecule has 0 spiro atoms. The summed E-state index contributed by atoms with van der Waals surface area (Å²) in [5, 5.41) is 22.3. The third kappa shape index (κ3) is 4.22. The van der Waals surface area contributed by atoms with Crippen molar-refractivity contribution in [1.29, 1.82) is 0 Å². The van der Waals surface area contributed by atoms with Crippen molar-refractivity contribution in [3.63, 3.8) is 0 Å². The van der Waals surface area contributed by atoms with Gasteiger partial charge in [0.05, 0.1) is 15.5 Å². The number of nitrogens with one attached hydrogen (secondary N) is 2. The van der Waals surface area contributed by atoms with E-state index in [4.69, 9.17) is 11.6 Å². The lowest BCUT2D eigenvalue weighted by atomic mass is 9.95. The first-order valence-corrected chi connectivity index (χ1v) is 11.0. The molecule has 1 atom stereocenters. The third-order valence-electron chi connectivity index (χ3n) is 5.54. The molecule has 2 N–H and O–H groups in total. The Hall–Kier alpha value is -4.57. The second-order valence-corrected chi connectivity index (χ2v) is 8.17. The van der Waals surface area contributed by atoms with Gasteiger partial charge in [0.25, 0.3) is 11.6 Å². The molecule has 1 unspecified atom stereocenters. The quantitative estimate of drug-likeness (QED) is 0.305.